The molecule has 2 atom stereocenters. The van der Waals surface area contributed by atoms with Gasteiger partial charge >= 0.3 is 0 Å². The summed E-state index contributed by atoms with van der Waals surface area (Å²) in [5.74, 6) is -5.79. The molecular weight excluding hydrogens is 429 g/mol. The zero-order valence-electron chi connectivity index (χ0n) is 17.2. The topological polar surface area (TPSA) is 97.6 Å². The van der Waals surface area contributed by atoms with Crippen LogP contribution >= 0.6 is 0 Å². The third kappa shape index (κ3) is 3.58. The molecule has 0 unspecified atom stereocenters. The number of carbonyl (C=O) groups excluding carboxylic acids is 2. The number of nitrogens with one attached hydrogen (secondary N) is 1. The molecule has 1 aromatic heterocycles. The van der Waals surface area contributed by atoms with Crippen LogP contribution in [0.5, 0.6) is 5.75 Å². The predicted molar refractivity (Wildman–Crippen MR) is 106 cm³/mol. The summed E-state index contributed by atoms with van der Waals surface area (Å²) in [7, 11) is 0. The highest BCUT2D eigenvalue weighted by molar-refractivity contribution is 6.03. The number of pyridine rings is 1. The van der Waals surface area contributed by atoms with Crippen LogP contribution in [0.4, 0.5) is 13.2 Å². The molecule has 7 nitrogen and oxygen atoms in total. The van der Waals surface area contributed by atoms with Crippen LogP contribution in [0.1, 0.15) is 52.6 Å². The van der Waals surface area contributed by atoms with Crippen molar-refractivity contribution >= 4 is 11.7 Å². The molecular formula is C22H21F3N2O5. The number of nitrogens with zero attached hydrogens (tertiary/aromatic N) is 1. The van der Waals surface area contributed by atoms with Gasteiger partial charge in [-0.1, -0.05) is 6.42 Å². The van der Waals surface area contributed by atoms with Gasteiger partial charge in [0.05, 0.1) is 18.1 Å². The summed E-state index contributed by atoms with van der Waals surface area (Å²) in [4.78, 5) is 38.4. The summed E-state index contributed by atoms with van der Waals surface area (Å²) >= 11 is 0. The first-order valence-corrected chi connectivity index (χ1v) is 10.2. The van der Waals surface area contributed by atoms with Gasteiger partial charge < -0.3 is 19.7 Å². The first-order chi connectivity index (χ1) is 15.1. The highest BCUT2D eigenvalue weighted by atomic mass is 19.1. The molecule has 1 fully saturated rings. The Morgan fingerprint density at radius 3 is 2.62 bits per heavy atom. The molecule has 4 rings (SSSR count). The predicted octanol–water partition coefficient (Wildman–Crippen LogP) is 2.67. The Balaban J connectivity index is 1.66. The molecule has 1 aromatic carbocycles. The Hall–Kier alpha value is -3.14. The molecule has 3 heterocycles. The number of aromatic nitrogens is 1. The number of benzene rings is 1. The van der Waals surface area contributed by atoms with E-state index in [4.69, 9.17) is 4.74 Å². The maximum Gasteiger partial charge on any atom is 0.257 e. The number of aromatic hydroxyl groups is 1. The normalized spacial score (nSPS) is 22.6. The van der Waals surface area contributed by atoms with E-state index in [0.29, 0.717) is 25.2 Å². The van der Waals surface area contributed by atoms with Crippen LogP contribution in [0.3, 0.4) is 0 Å². The third-order valence-corrected chi connectivity index (χ3v) is 6.25. The first-order valence-electron chi connectivity index (χ1n) is 10.2. The molecule has 1 amide bonds. The molecule has 0 aliphatic carbocycles. The molecule has 0 spiro atoms. The minimum absolute atomic E-state index is 0.146. The number of carbonyl (C=O) groups is 2. The minimum atomic E-state index is -1.19. The number of Topliss-reactive ketones (excluding diaryl/α,β-unsaturated/α-hetero) is 1. The second kappa shape index (κ2) is 8.09. The number of hydrogen-bond donors (Lipinski definition) is 2. The van der Waals surface area contributed by atoms with Crippen LogP contribution in [0.25, 0.3) is 0 Å². The molecule has 170 valence electrons. The van der Waals surface area contributed by atoms with Crippen molar-refractivity contribution in [3.63, 3.8) is 0 Å². The van der Waals surface area contributed by atoms with Crippen LogP contribution in [-0.2, 0) is 17.8 Å². The fourth-order valence-corrected chi connectivity index (χ4v) is 4.33. The average molecular weight is 450 g/mol. The summed E-state index contributed by atoms with van der Waals surface area (Å²) in [6.45, 7) is 1.71. The SMILES string of the molecule is C[C@@]12CCCCO[C@@H]1Cn1cc(C(=O)NCc3c(F)cc(F)cc3F)c(=O)c(O)c1C2=O. The van der Waals surface area contributed by atoms with Gasteiger partial charge in [-0.05, 0) is 19.8 Å². The fraction of sp³-hybridized carbons (Fsp3) is 0.409. The quantitative estimate of drug-likeness (QED) is 0.750. The first kappa shape index (κ1) is 22.1. The van der Waals surface area contributed by atoms with E-state index >= 15 is 0 Å². The van der Waals surface area contributed by atoms with E-state index in [-0.39, 0.29) is 12.2 Å². The molecule has 2 N–H and O–H groups in total. The number of ketones is 1. The smallest absolute Gasteiger partial charge is 0.257 e. The lowest BCUT2D eigenvalue weighted by Crippen LogP contribution is -2.49. The summed E-state index contributed by atoms with van der Waals surface area (Å²) in [5.41, 5.74) is -3.24. The van der Waals surface area contributed by atoms with Crippen LogP contribution in [0.15, 0.2) is 23.1 Å². The number of ether oxygens (including phenoxy) is 1. The molecule has 0 radical (unpaired) electrons. The van der Waals surface area contributed by atoms with Crippen molar-refractivity contribution in [3.05, 3.63) is 62.8 Å². The van der Waals surface area contributed by atoms with Crippen molar-refractivity contribution in [3.8, 4) is 5.75 Å². The van der Waals surface area contributed by atoms with E-state index in [0.717, 1.165) is 19.0 Å². The zero-order chi connectivity index (χ0) is 23.2. The van der Waals surface area contributed by atoms with Crippen molar-refractivity contribution in [2.45, 2.75) is 45.4 Å². The molecule has 1 saturated heterocycles. The Bertz CT molecular complexity index is 1160. The lowest BCUT2D eigenvalue weighted by molar-refractivity contribution is -0.0284. The van der Waals surface area contributed by atoms with Gasteiger partial charge in [0.1, 0.15) is 28.7 Å². The summed E-state index contributed by atoms with van der Waals surface area (Å²) < 4.78 is 47.8. The largest absolute Gasteiger partial charge is 0.503 e. The lowest BCUT2D eigenvalue weighted by atomic mass is 9.72. The average Bonchev–Trinajstić information content (AvgIpc) is 2.92. The number of rotatable bonds is 3. The molecule has 2 aromatic rings. The van der Waals surface area contributed by atoms with E-state index in [1.807, 2.05) is 0 Å². The van der Waals surface area contributed by atoms with Gasteiger partial charge in [0.15, 0.2) is 11.5 Å². The molecule has 2 aliphatic heterocycles. The van der Waals surface area contributed by atoms with Crippen LogP contribution in [0.2, 0.25) is 0 Å². The van der Waals surface area contributed by atoms with Gasteiger partial charge in [-0.3, -0.25) is 14.4 Å². The maximum absolute atomic E-state index is 13.8. The highest BCUT2D eigenvalue weighted by Gasteiger charge is 2.49. The van der Waals surface area contributed by atoms with Crippen LogP contribution in [-0.4, -0.2) is 34.1 Å². The number of amides is 1. The third-order valence-electron chi connectivity index (χ3n) is 6.25. The van der Waals surface area contributed by atoms with Crippen molar-refractivity contribution in [2.24, 2.45) is 5.41 Å². The van der Waals surface area contributed by atoms with E-state index in [1.165, 1.54) is 4.57 Å². The van der Waals surface area contributed by atoms with Gasteiger partial charge in [-0.15, -0.1) is 0 Å². The highest BCUT2D eigenvalue weighted by Crippen LogP contribution is 2.42. The zero-order valence-corrected chi connectivity index (χ0v) is 17.2. The van der Waals surface area contributed by atoms with Crippen molar-refractivity contribution in [2.75, 3.05) is 6.61 Å². The van der Waals surface area contributed by atoms with Crippen LogP contribution < -0.4 is 10.7 Å². The Labute approximate surface area is 180 Å². The number of halogens is 3. The van der Waals surface area contributed by atoms with Gasteiger partial charge in [-0.2, -0.15) is 0 Å². The van der Waals surface area contributed by atoms with E-state index in [2.05, 4.69) is 5.32 Å². The van der Waals surface area contributed by atoms with Gasteiger partial charge in [0.25, 0.3) is 5.91 Å². The molecule has 32 heavy (non-hydrogen) atoms. The molecule has 0 saturated carbocycles. The monoisotopic (exact) mass is 450 g/mol. The lowest BCUT2D eigenvalue weighted by Gasteiger charge is -2.40. The van der Waals surface area contributed by atoms with Crippen molar-refractivity contribution < 1.29 is 32.6 Å². The Morgan fingerprint density at radius 1 is 1.25 bits per heavy atom. The molecule has 10 heteroatoms. The molecule has 0 bridgehead atoms. The summed E-state index contributed by atoms with van der Waals surface area (Å²) in [5, 5.41) is 12.7. The standard InChI is InChI=1S/C22H21F3N2O5/c1-22-4-2-3-5-32-16(22)10-27-9-13(18(28)19(29)17(27)20(22)30)21(31)26-8-12-14(24)6-11(23)7-15(12)25/h6-7,9,16,29H,2-5,8,10H2,1H3,(H,26,31)/t16-,22-/m1/s1. The number of fused-ring (bicyclic) bond motifs is 2. The summed E-state index contributed by atoms with van der Waals surface area (Å²) in [6, 6.07) is 0.944. The fourth-order valence-electron chi connectivity index (χ4n) is 4.33. The Kier molecular flexibility index (Phi) is 5.58. The van der Waals surface area contributed by atoms with E-state index in [1.54, 1.807) is 6.92 Å². The van der Waals surface area contributed by atoms with Crippen molar-refractivity contribution in [1.29, 1.82) is 0 Å². The van der Waals surface area contributed by atoms with E-state index < -0.39 is 69.5 Å². The van der Waals surface area contributed by atoms with E-state index in [9.17, 15) is 32.7 Å². The Morgan fingerprint density at radius 2 is 1.94 bits per heavy atom. The number of hydrogen-bond acceptors (Lipinski definition) is 5. The molecule has 2 aliphatic rings. The second-order valence-electron chi connectivity index (χ2n) is 8.32. The van der Waals surface area contributed by atoms with Crippen molar-refractivity contribution in [1.82, 2.24) is 9.88 Å². The van der Waals surface area contributed by atoms with Crippen LogP contribution in [0, 0.1) is 22.9 Å². The van der Waals surface area contributed by atoms with Gasteiger partial charge in [-0.25, -0.2) is 13.2 Å². The summed E-state index contributed by atoms with van der Waals surface area (Å²) in [6.07, 6.45) is 2.73. The van der Waals surface area contributed by atoms with Gasteiger partial charge in [0, 0.05) is 37.0 Å². The maximum atomic E-state index is 13.8. The van der Waals surface area contributed by atoms with Gasteiger partial charge in [0.2, 0.25) is 5.43 Å². The second-order valence-corrected chi connectivity index (χ2v) is 8.32. The minimum Gasteiger partial charge on any atom is -0.503 e.